The van der Waals surface area contributed by atoms with Crippen LogP contribution in [0.4, 0.5) is 5.69 Å². The molecule has 0 spiro atoms. The number of anilines is 1. The Morgan fingerprint density at radius 3 is 2.39 bits per heavy atom. The van der Waals surface area contributed by atoms with Crippen molar-refractivity contribution in [1.29, 1.82) is 0 Å². The van der Waals surface area contributed by atoms with Gasteiger partial charge in [-0.15, -0.1) is 0 Å². The van der Waals surface area contributed by atoms with Crippen LogP contribution in [0.25, 0.3) is 0 Å². The molecule has 33 heavy (non-hydrogen) atoms. The number of nitrogens with one attached hydrogen (secondary N) is 1. The third kappa shape index (κ3) is 4.42. The van der Waals surface area contributed by atoms with Gasteiger partial charge in [-0.05, 0) is 63.2 Å². The maximum absolute atomic E-state index is 12.9. The molecule has 2 heterocycles. The molecule has 0 atom stereocenters. The highest BCUT2D eigenvalue weighted by Gasteiger charge is 2.40. The minimum atomic E-state index is -3.92. The number of hydrogen-bond acceptors (Lipinski definition) is 6. The molecule has 0 bridgehead atoms. The van der Waals surface area contributed by atoms with Gasteiger partial charge in [0.05, 0.1) is 10.5 Å². The zero-order valence-electron chi connectivity index (χ0n) is 18.0. The Morgan fingerprint density at radius 1 is 1.03 bits per heavy atom. The molecule has 8 nitrogen and oxygen atoms in total. The fraction of sp³-hybridized carbons (Fsp3) is 0.174. The number of aromatic nitrogens is 1. The molecule has 170 valence electrons. The lowest BCUT2D eigenvalue weighted by molar-refractivity contribution is 0.0608. The summed E-state index contributed by atoms with van der Waals surface area (Å²) < 4.78 is 34.0. The number of imide groups is 1. The molecule has 0 fully saturated rings. The highest BCUT2D eigenvalue weighted by Crippen LogP contribution is 2.34. The van der Waals surface area contributed by atoms with E-state index >= 15 is 0 Å². The molecular weight excluding hydrogens is 466 g/mol. The molecule has 2 aromatic carbocycles. The van der Waals surface area contributed by atoms with E-state index in [2.05, 4.69) is 9.71 Å². The number of aryl methyl sites for hydroxylation is 1. The van der Waals surface area contributed by atoms with Crippen molar-refractivity contribution in [2.45, 2.75) is 31.7 Å². The van der Waals surface area contributed by atoms with Gasteiger partial charge in [0.25, 0.3) is 21.8 Å². The van der Waals surface area contributed by atoms with Gasteiger partial charge in [-0.25, -0.2) is 13.4 Å². The summed E-state index contributed by atoms with van der Waals surface area (Å²) in [6.45, 7) is 5.16. The van der Waals surface area contributed by atoms with Crippen molar-refractivity contribution < 1.29 is 22.7 Å². The number of halogens is 1. The second kappa shape index (κ2) is 8.49. The van der Waals surface area contributed by atoms with Crippen LogP contribution in [-0.4, -0.2) is 36.2 Å². The van der Waals surface area contributed by atoms with Crippen LogP contribution in [0.3, 0.4) is 0 Å². The van der Waals surface area contributed by atoms with Gasteiger partial charge in [0.15, 0.2) is 0 Å². The average Bonchev–Trinajstić information content (AvgIpc) is 3.00. The molecule has 0 radical (unpaired) electrons. The van der Waals surface area contributed by atoms with E-state index in [-0.39, 0.29) is 33.7 Å². The summed E-state index contributed by atoms with van der Waals surface area (Å²) in [6, 6.07) is 13.2. The molecule has 4 rings (SSSR count). The average molecular weight is 486 g/mol. The second-order valence-corrected chi connectivity index (χ2v) is 9.87. The maximum atomic E-state index is 12.9. The third-order valence-electron chi connectivity index (χ3n) is 4.94. The molecule has 0 saturated carbocycles. The Balaban J connectivity index is 1.67. The molecule has 0 unspecified atom stereocenters. The molecule has 3 aromatic rings. The summed E-state index contributed by atoms with van der Waals surface area (Å²) in [4.78, 5) is 31.0. The van der Waals surface area contributed by atoms with Gasteiger partial charge in [0.2, 0.25) is 5.88 Å². The summed E-state index contributed by atoms with van der Waals surface area (Å²) in [5.74, 6) is -0.811. The summed E-state index contributed by atoms with van der Waals surface area (Å²) in [5.41, 5.74) is 1.11. The summed E-state index contributed by atoms with van der Waals surface area (Å²) in [5, 5.41) is 0.482. The number of rotatable bonds is 6. The Labute approximate surface area is 196 Å². The van der Waals surface area contributed by atoms with Crippen molar-refractivity contribution in [2.75, 3.05) is 4.72 Å². The van der Waals surface area contributed by atoms with Crippen LogP contribution in [0, 0.1) is 6.92 Å². The summed E-state index contributed by atoms with van der Waals surface area (Å²) in [7, 11) is -3.92. The normalized spacial score (nSPS) is 13.4. The SMILES string of the molecule is Cc1cc2c(c(Oc3cccc(S(=O)(=O)Nc4ccc(Cl)cc4)c3)n1)C(=O)N(C(C)C)C2=O. The molecule has 1 aliphatic rings. The Hall–Kier alpha value is -3.43. The van der Waals surface area contributed by atoms with Gasteiger partial charge in [-0.3, -0.25) is 19.2 Å². The minimum absolute atomic E-state index is 0.0493. The highest BCUT2D eigenvalue weighted by atomic mass is 35.5. The number of ether oxygens (including phenoxy) is 1. The van der Waals surface area contributed by atoms with Gasteiger partial charge < -0.3 is 4.74 Å². The van der Waals surface area contributed by atoms with E-state index in [4.69, 9.17) is 16.3 Å². The molecule has 1 aliphatic heterocycles. The van der Waals surface area contributed by atoms with Crippen molar-refractivity contribution in [3.8, 4) is 11.6 Å². The van der Waals surface area contributed by atoms with E-state index in [1.54, 1.807) is 57.2 Å². The first-order valence-electron chi connectivity index (χ1n) is 10.0. The van der Waals surface area contributed by atoms with Crippen molar-refractivity contribution in [1.82, 2.24) is 9.88 Å². The first-order valence-corrected chi connectivity index (χ1v) is 11.9. The minimum Gasteiger partial charge on any atom is -0.438 e. The zero-order valence-corrected chi connectivity index (χ0v) is 19.6. The van der Waals surface area contributed by atoms with Crippen molar-refractivity contribution >= 4 is 39.1 Å². The Morgan fingerprint density at radius 2 is 1.73 bits per heavy atom. The third-order valence-corrected chi connectivity index (χ3v) is 6.57. The first kappa shape index (κ1) is 22.8. The van der Waals surface area contributed by atoms with Gasteiger partial charge in [-0.1, -0.05) is 17.7 Å². The highest BCUT2D eigenvalue weighted by molar-refractivity contribution is 7.92. The van der Waals surface area contributed by atoms with Crippen LogP contribution in [-0.2, 0) is 10.0 Å². The number of carbonyl (C=O) groups is 2. The second-order valence-electron chi connectivity index (χ2n) is 7.75. The van der Waals surface area contributed by atoms with E-state index in [0.29, 0.717) is 16.4 Å². The Kier molecular flexibility index (Phi) is 5.85. The fourth-order valence-electron chi connectivity index (χ4n) is 3.45. The topological polar surface area (TPSA) is 106 Å². The summed E-state index contributed by atoms with van der Waals surface area (Å²) in [6.07, 6.45) is 0. The van der Waals surface area contributed by atoms with E-state index in [1.165, 1.54) is 18.2 Å². The van der Waals surface area contributed by atoms with Gasteiger partial charge in [0.1, 0.15) is 11.3 Å². The molecule has 1 N–H and O–H groups in total. The van der Waals surface area contributed by atoms with Gasteiger partial charge in [0, 0.05) is 28.5 Å². The van der Waals surface area contributed by atoms with Crippen LogP contribution < -0.4 is 9.46 Å². The standard InChI is InChI=1S/C23H20ClN3O5S/c1-13(2)27-22(28)19-11-14(3)25-21(20(19)23(27)29)32-17-5-4-6-18(12-17)33(30,31)26-16-9-7-15(24)8-10-16/h4-13,26H,1-3H3. The predicted molar refractivity (Wildman–Crippen MR) is 123 cm³/mol. The van der Waals surface area contributed by atoms with Gasteiger partial charge in [-0.2, -0.15) is 0 Å². The first-order chi connectivity index (χ1) is 15.6. The zero-order chi connectivity index (χ0) is 23.9. The smallest absolute Gasteiger partial charge is 0.267 e. The van der Waals surface area contributed by atoms with E-state index < -0.39 is 21.8 Å². The van der Waals surface area contributed by atoms with Crippen LogP contribution in [0.5, 0.6) is 11.6 Å². The lowest BCUT2D eigenvalue weighted by atomic mass is 10.1. The lowest BCUT2D eigenvalue weighted by Crippen LogP contribution is -2.36. The van der Waals surface area contributed by atoms with Crippen molar-refractivity contribution in [3.63, 3.8) is 0 Å². The summed E-state index contributed by atoms with van der Waals surface area (Å²) >= 11 is 5.85. The monoisotopic (exact) mass is 485 g/mol. The number of fused-ring (bicyclic) bond motifs is 1. The van der Waals surface area contributed by atoms with Crippen LogP contribution in [0.1, 0.15) is 40.3 Å². The molecule has 0 saturated heterocycles. The number of carbonyl (C=O) groups excluding carboxylic acids is 2. The number of pyridine rings is 1. The molecule has 2 amide bonds. The number of nitrogens with zero attached hydrogens (tertiary/aromatic N) is 2. The Bertz CT molecular complexity index is 1370. The van der Waals surface area contributed by atoms with Crippen LogP contribution in [0.2, 0.25) is 5.02 Å². The number of hydrogen-bond donors (Lipinski definition) is 1. The van der Waals surface area contributed by atoms with E-state index in [1.807, 2.05) is 0 Å². The lowest BCUT2D eigenvalue weighted by Gasteiger charge is -2.17. The molecule has 10 heteroatoms. The predicted octanol–water partition coefficient (Wildman–Crippen LogP) is 4.64. The number of amides is 2. The van der Waals surface area contributed by atoms with Crippen LogP contribution in [0.15, 0.2) is 59.5 Å². The van der Waals surface area contributed by atoms with E-state index in [0.717, 1.165) is 4.90 Å². The van der Waals surface area contributed by atoms with E-state index in [9.17, 15) is 18.0 Å². The fourth-order valence-corrected chi connectivity index (χ4v) is 4.67. The largest absolute Gasteiger partial charge is 0.438 e. The number of sulfonamides is 1. The van der Waals surface area contributed by atoms with Gasteiger partial charge >= 0.3 is 0 Å². The molecule has 0 aliphatic carbocycles. The van der Waals surface area contributed by atoms with Crippen molar-refractivity contribution in [2.24, 2.45) is 0 Å². The quantitative estimate of drug-likeness (QED) is 0.510. The van der Waals surface area contributed by atoms with Crippen molar-refractivity contribution in [3.05, 3.63) is 76.4 Å². The van der Waals surface area contributed by atoms with Crippen LogP contribution >= 0.6 is 11.6 Å². The molecular formula is C23H20ClN3O5S. The molecule has 1 aromatic heterocycles. The number of benzene rings is 2. The maximum Gasteiger partial charge on any atom is 0.267 e.